The molecule has 2 N–H and O–H groups in total. The van der Waals surface area contributed by atoms with E-state index < -0.39 is 45.8 Å². The molecule has 1 aliphatic carbocycles. The van der Waals surface area contributed by atoms with E-state index in [-0.39, 0.29) is 16.7 Å². The van der Waals surface area contributed by atoms with Crippen molar-refractivity contribution < 1.29 is 27.9 Å². The van der Waals surface area contributed by atoms with Crippen LogP contribution in [0.4, 0.5) is 4.79 Å². The maximum absolute atomic E-state index is 14.0. The first kappa shape index (κ1) is 35.6. The molecule has 3 atom stereocenters. The van der Waals surface area contributed by atoms with Gasteiger partial charge in [0.05, 0.1) is 22.7 Å². The smallest absolute Gasteiger partial charge is 0.410 e. The van der Waals surface area contributed by atoms with Gasteiger partial charge in [0.25, 0.3) is 10.0 Å². The number of ether oxygens (including phenoxy) is 1. The maximum atomic E-state index is 14.0. The van der Waals surface area contributed by atoms with Gasteiger partial charge in [0.1, 0.15) is 18.0 Å². The highest BCUT2D eigenvalue weighted by atomic mass is 32.2. The Balaban J connectivity index is 1.90. The number of rotatable bonds is 11. The molecular weight excluding hydrogens is 580 g/mol. The van der Waals surface area contributed by atoms with Crippen LogP contribution in [0, 0.1) is 18.3 Å². The molecule has 1 aromatic carbocycles. The number of amides is 2. The van der Waals surface area contributed by atoms with Crippen LogP contribution < -0.4 is 5.32 Å². The molecule has 10 nitrogen and oxygen atoms in total. The Morgan fingerprint density at radius 2 is 1.70 bits per heavy atom. The van der Waals surface area contributed by atoms with Crippen LogP contribution in [0.15, 0.2) is 41.7 Å². The summed E-state index contributed by atoms with van der Waals surface area (Å²) in [5.41, 5.74) is 0.305. The largest absolute Gasteiger partial charge is 0.444 e. The van der Waals surface area contributed by atoms with Gasteiger partial charge >= 0.3 is 6.09 Å². The summed E-state index contributed by atoms with van der Waals surface area (Å²) in [6.07, 6.45) is 7.79. The quantitative estimate of drug-likeness (QED) is 0.336. The highest BCUT2D eigenvalue weighted by Gasteiger charge is 2.35. The zero-order valence-corrected chi connectivity index (χ0v) is 28.5. The molecule has 2 aromatic rings. The second-order valence-corrected chi connectivity index (χ2v) is 16.4. The Morgan fingerprint density at radius 1 is 1.09 bits per heavy atom. The Kier molecular flexibility index (Phi) is 11.7. The first-order valence-corrected chi connectivity index (χ1v) is 17.1. The fourth-order valence-corrected chi connectivity index (χ4v) is 6.78. The molecule has 0 aliphatic heterocycles. The molecule has 44 heavy (non-hydrogen) atoms. The third-order valence-electron chi connectivity index (χ3n) is 7.99. The first-order valence-electron chi connectivity index (χ1n) is 15.6. The van der Waals surface area contributed by atoms with Crippen molar-refractivity contribution in [1.29, 1.82) is 0 Å². The predicted molar refractivity (Wildman–Crippen MR) is 171 cm³/mol. The van der Waals surface area contributed by atoms with Gasteiger partial charge in [-0.05, 0) is 64.0 Å². The predicted octanol–water partition coefficient (Wildman–Crippen LogP) is 5.46. The molecule has 1 saturated carbocycles. The number of likely N-dealkylation sites (N-methyl/N-ethyl adjacent to an activating group) is 1. The molecule has 1 fully saturated rings. The van der Waals surface area contributed by atoms with E-state index in [1.54, 1.807) is 32.9 Å². The minimum atomic E-state index is -3.90. The topological polar surface area (TPSA) is 131 Å². The van der Waals surface area contributed by atoms with Crippen molar-refractivity contribution in [3.05, 3.63) is 48.0 Å². The van der Waals surface area contributed by atoms with E-state index >= 15 is 0 Å². The number of carbonyl (C=O) groups is 2. The monoisotopic (exact) mass is 632 g/mol. The van der Waals surface area contributed by atoms with Gasteiger partial charge < -0.3 is 15.2 Å². The minimum Gasteiger partial charge on any atom is -0.444 e. The second kappa shape index (κ2) is 14.5. The lowest BCUT2D eigenvalue weighted by Gasteiger charge is -2.35. The molecule has 0 saturated heterocycles. The normalized spacial score (nSPS) is 17.0. The lowest BCUT2D eigenvalue weighted by Crippen LogP contribution is -2.55. The number of aromatic nitrogens is 2. The van der Waals surface area contributed by atoms with Gasteiger partial charge in [-0.25, -0.2) is 22.2 Å². The molecule has 11 heteroatoms. The molecule has 0 radical (unpaired) electrons. The summed E-state index contributed by atoms with van der Waals surface area (Å²) < 4.78 is 33.1. The fraction of sp³-hybridized carbons (Fsp3) is 0.667. The zero-order valence-electron chi connectivity index (χ0n) is 27.7. The van der Waals surface area contributed by atoms with E-state index in [2.05, 4.69) is 31.1 Å². The highest BCUT2D eigenvalue weighted by Crippen LogP contribution is 2.30. The van der Waals surface area contributed by atoms with Crippen molar-refractivity contribution in [1.82, 2.24) is 19.2 Å². The number of carbonyl (C=O) groups excluding carboxylic acids is 2. The van der Waals surface area contributed by atoms with Crippen molar-refractivity contribution in [2.75, 3.05) is 7.05 Å². The van der Waals surface area contributed by atoms with E-state index in [1.165, 1.54) is 43.0 Å². The summed E-state index contributed by atoms with van der Waals surface area (Å²) in [5.74, 6) is -0.0588. The van der Waals surface area contributed by atoms with Crippen LogP contribution in [0.3, 0.4) is 0 Å². The fourth-order valence-electron chi connectivity index (χ4n) is 5.62. The maximum Gasteiger partial charge on any atom is 0.410 e. The number of nitrogens with zero attached hydrogens (tertiary/aromatic N) is 3. The first-order chi connectivity index (χ1) is 20.4. The second-order valence-electron chi connectivity index (χ2n) is 14.5. The van der Waals surface area contributed by atoms with Crippen LogP contribution in [-0.2, 0) is 26.0 Å². The average molecular weight is 633 g/mol. The number of benzene rings is 1. The van der Waals surface area contributed by atoms with Crippen LogP contribution in [0.1, 0.15) is 97.7 Å². The zero-order chi connectivity index (χ0) is 32.9. The molecule has 1 aliphatic rings. The van der Waals surface area contributed by atoms with E-state index in [1.807, 2.05) is 6.92 Å². The molecule has 1 aromatic heterocycles. The minimum absolute atomic E-state index is 0.0521. The van der Waals surface area contributed by atoms with Crippen LogP contribution in [0.25, 0.3) is 0 Å². The van der Waals surface area contributed by atoms with Crippen molar-refractivity contribution >= 4 is 22.0 Å². The van der Waals surface area contributed by atoms with E-state index in [0.717, 1.165) is 35.2 Å². The summed E-state index contributed by atoms with van der Waals surface area (Å²) in [7, 11) is -2.41. The number of aliphatic hydroxyl groups excluding tert-OH is 1. The molecule has 0 unspecified atom stereocenters. The summed E-state index contributed by atoms with van der Waals surface area (Å²) in [4.78, 5) is 32.8. The van der Waals surface area contributed by atoms with Gasteiger partial charge in [-0.15, -0.1) is 0 Å². The van der Waals surface area contributed by atoms with Crippen molar-refractivity contribution in [2.24, 2.45) is 11.3 Å². The van der Waals surface area contributed by atoms with Crippen LogP contribution in [0.2, 0.25) is 0 Å². The van der Waals surface area contributed by atoms with Gasteiger partial charge in [-0.1, -0.05) is 70.6 Å². The SMILES string of the molecule is Cc1ccc(S(=O)(=O)n2cnc(C[C@@H](C(=O)N[C@@H](CC3CCCCC3)[C@@H](O)CC(C)(C)C)N(C)C(=O)OC(C)(C)C)c2)cc1. The number of aryl methyl sites for hydroxylation is 1. The molecule has 0 bridgehead atoms. The van der Waals surface area contributed by atoms with E-state index in [9.17, 15) is 23.1 Å². The van der Waals surface area contributed by atoms with Gasteiger partial charge in [-0.2, -0.15) is 0 Å². The highest BCUT2D eigenvalue weighted by molar-refractivity contribution is 7.90. The molecule has 1 heterocycles. The van der Waals surface area contributed by atoms with Gasteiger partial charge in [-0.3, -0.25) is 9.69 Å². The Morgan fingerprint density at radius 3 is 2.27 bits per heavy atom. The number of hydrogen-bond acceptors (Lipinski definition) is 7. The Labute approximate surface area is 263 Å². The average Bonchev–Trinajstić information content (AvgIpc) is 3.39. The standard InChI is InChI=1S/C33H52N4O6S/c1-23-14-16-26(17-15-23)44(41,42)37-21-25(34-22-37)19-28(36(8)31(40)43-33(5,6)7)30(39)35-27(29(38)20-32(2,3)4)18-24-12-10-9-11-13-24/h14-17,21-22,24,27-29,38H,9-13,18-20H2,1-8H3,(H,35,39)/t27-,28-,29-/m0/s1. The van der Waals surface area contributed by atoms with Crippen LogP contribution in [0.5, 0.6) is 0 Å². The molecule has 3 rings (SSSR count). The number of aliphatic hydroxyl groups is 1. The van der Waals surface area contributed by atoms with E-state index in [0.29, 0.717) is 24.5 Å². The number of imidazole rings is 1. The molecule has 2 amide bonds. The summed E-state index contributed by atoms with van der Waals surface area (Å²) in [6.45, 7) is 13.3. The van der Waals surface area contributed by atoms with Gasteiger partial charge in [0, 0.05) is 19.7 Å². The van der Waals surface area contributed by atoms with Crippen molar-refractivity contribution in [3.8, 4) is 0 Å². The number of hydrogen-bond donors (Lipinski definition) is 2. The van der Waals surface area contributed by atoms with Crippen molar-refractivity contribution in [3.63, 3.8) is 0 Å². The Bertz CT molecular complexity index is 1350. The van der Waals surface area contributed by atoms with Gasteiger partial charge in [0.15, 0.2) is 0 Å². The third kappa shape index (κ3) is 10.3. The summed E-state index contributed by atoms with van der Waals surface area (Å²) in [6, 6.07) is 4.94. The summed E-state index contributed by atoms with van der Waals surface area (Å²) in [5, 5.41) is 14.4. The van der Waals surface area contributed by atoms with Crippen LogP contribution >= 0.6 is 0 Å². The third-order valence-corrected chi connectivity index (χ3v) is 9.61. The Hall–Kier alpha value is -2.92. The summed E-state index contributed by atoms with van der Waals surface area (Å²) >= 11 is 0. The van der Waals surface area contributed by atoms with E-state index in [4.69, 9.17) is 4.74 Å². The molecule has 0 spiro atoms. The van der Waals surface area contributed by atoms with Gasteiger partial charge in [0.2, 0.25) is 5.91 Å². The van der Waals surface area contributed by atoms with Crippen LogP contribution in [-0.4, -0.2) is 70.2 Å². The lowest BCUT2D eigenvalue weighted by molar-refractivity contribution is -0.128. The molecular formula is C33H52N4O6S. The van der Waals surface area contributed by atoms with Crippen molar-refractivity contribution in [2.45, 2.75) is 129 Å². The molecule has 246 valence electrons. The number of nitrogens with one attached hydrogen (secondary N) is 1. The lowest BCUT2D eigenvalue weighted by atomic mass is 9.80.